The van der Waals surface area contributed by atoms with Crippen molar-refractivity contribution in [2.24, 2.45) is 0 Å². The molecule has 0 atom stereocenters. The van der Waals surface area contributed by atoms with Gasteiger partial charge in [-0.15, -0.1) is 0 Å². The Kier molecular flexibility index (Phi) is 6.88. The summed E-state index contributed by atoms with van der Waals surface area (Å²) in [4.78, 5) is 16.9. The van der Waals surface area contributed by atoms with Crippen LogP contribution in [0.2, 0.25) is 0 Å². The molecule has 0 radical (unpaired) electrons. The third-order valence-corrected chi connectivity index (χ3v) is 6.39. The molecule has 0 spiro atoms. The number of carbonyl (C=O) groups excluding carboxylic acids is 1. The predicted octanol–water partition coefficient (Wildman–Crippen LogP) is 5.44. The first kappa shape index (κ1) is 22.1. The van der Waals surface area contributed by atoms with Gasteiger partial charge in [-0.2, -0.15) is 0 Å². The summed E-state index contributed by atoms with van der Waals surface area (Å²) >= 11 is 0. The van der Waals surface area contributed by atoms with Gasteiger partial charge in [0.2, 0.25) is 5.91 Å². The van der Waals surface area contributed by atoms with Crippen LogP contribution in [-0.4, -0.2) is 24.5 Å². The second-order valence-corrected chi connectivity index (χ2v) is 8.47. The number of halogens is 1. The summed E-state index contributed by atoms with van der Waals surface area (Å²) in [5.41, 5.74) is 1.90. The van der Waals surface area contributed by atoms with Crippen molar-refractivity contribution < 1.29 is 18.3 Å². The van der Waals surface area contributed by atoms with Crippen molar-refractivity contribution in [1.29, 1.82) is 0 Å². The number of benzene rings is 2. The van der Waals surface area contributed by atoms with Crippen LogP contribution in [0.4, 0.5) is 4.39 Å². The predicted molar refractivity (Wildman–Crippen MR) is 121 cm³/mol. The van der Waals surface area contributed by atoms with E-state index in [0.717, 1.165) is 42.6 Å². The molecule has 1 amide bonds. The number of aryl methyl sites for hydroxylation is 1. The van der Waals surface area contributed by atoms with Crippen molar-refractivity contribution in [1.82, 2.24) is 10.3 Å². The largest absolute Gasteiger partial charge is 0.497 e. The van der Waals surface area contributed by atoms with E-state index < -0.39 is 0 Å². The van der Waals surface area contributed by atoms with Crippen LogP contribution >= 0.6 is 0 Å². The van der Waals surface area contributed by atoms with Crippen LogP contribution in [0.25, 0.3) is 11.3 Å². The first-order valence-electron chi connectivity index (χ1n) is 11.2. The van der Waals surface area contributed by atoms with Crippen LogP contribution in [0.5, 0.6) is 5.75 Å². The molecule has 1 fully saturated rings. The lowest BCUT2D eigenvalue weighted by Crippen LogP contribution is -2.42. The minimum Gasteiger partial charge on any atom is -0.497 e. The summed E-state index contributed by atoms with van der Waals surface area (Å²) < 4.78 is 24.4. The van der Waals surface area contributed by atoms with Crippen molar-refractivity contribution >= 4 is 5.91 Å². The van der Waals surface area contributed by atoms with Crippen LogP contribution < -0.4 is 10.1 Å². The Bertz CT molecular complexity index is 1020. The molecule has 1 aromatic heterocycles. The van der Waals surface area contributed by atoms with Crippen LogP contribution in [0.15, 0.2) is 59.1 Å². The molecule has 0 saturated heterocycles. The average molecular weight is 437 g/mol. The number of nitrogens with zero attached hydrogens (tertiary/aromatic N) is 1. The van der Waals surface area contributed by atoms with E-state index in [0.29, 0.717) is 31.0 Å². The number of methoxy groups -OCH3 is 1. The maximum absolute atomic E-state index is 13.4. The zero-order valence-electron chi connectivity index (χ0n) is 18.4. The molecule has 5 nitrogen and oxygen atoms in total. The van der Waals surface area contributed by atoms with Crippen molar-refractivity contribution in [2.45, 2.75) is 50.4 Å². The standard InChI is InChI=1S/C26H29FN2O3/c1-31-22-11-5-19(6-12-22)23-17-28-25(32-23)14-13-24(30)29-18-26(15-3-2-4-16-26)20-7-9-21(27)10-8-20/h5-12,17H,2-4,13-16,18H2,1H3,(H,29,30). The van der Waals surface area contributed by atoms with Crippen LogP contribution in [0, 0.1) is 5.82 Å². The third-order valence-electron chi connectivity index (χ3n) is 6.39. The molecule has 1 aliphatic carbocycles. The quantitative estimate of drug-likeness (QED) is 0.511. The fourth-order valence-electron chi connectivity index (χ4n) is 4.49. The highest BCUT2D eigenvalue weighted by molar-refractivity contribution is 5.76. The Balaban J connectivity index is 1.33. The van der Waals surface area contributed by atoms with Gasteiger partial charge in [0.1, 0.15) is 11.6 Å². The zero-order valence-corrected chi connectivity index (χ0v) is 18.4. The van der Waals surface area contributed by atoms with E-state index in [4.69, 9.17) is 9.15 Å². The summed E-state index contributed by atoms with van der Waals surface area (Å²) in [7, 11) is 1.63. The highest BCUT2D eigenvalue weighted by atomic mass is 19.1. The normalized spacial score (nSPS) is 15.3. The van der Waals surface area contributed by atoms with E-state index in [1.54, 1.807) is 13.3 Å². The number of hydrogen-bond donors (Lipinski definition) is 1. The zero-order chi connectivity index (χ0) is 22.4. The van der Waals surface area contributed by atoms with Gasteiger partial charge in [0.25, 0.3) is 0 Å². The molecule has 1 N–H and O–H groups in total. The minimum absolute atomic E-state index is 0.0266. The average Bonchev–Trinajstić information content (AvgIpc) is 3.31. The Morgan fingerprint density at radius 3 is 2.50 bits per heavy atom. The minimum atomic E-state index is -0.233. The number of hydrogen-bond acceptors (Lipinski definition) is 4. The van der Waals surface area contributed by atoms with Crippen molar-refractivity contribution in [3.8, 4) is 17.1 Å². The molecule has 3 aromatic rings. The highest BCUT2D eigenvalue weighted by Crippen LogP contribution is 2.39. The monoisotopic (exact) mass is 436 g/mol. The van der Waals surface area contributed by atoms with Gasteiger partial charge in [-0.25, -0.2) is 9.37 Å². The summed E-state index contributed by atoms with van der Waals surface area (Å²) in [5.74, 6) is 1.73. The van der Waals surface area contributed by atoms with Crippen LogP contribution in [0.1, 0.15) is 50.0 Å². The molecule has 1 heterocycles. The van der Waals surface area contributed by atoms with Crippen molar-refractivity contribution in [2.75, 3.05) is 13.7 Å². The number of nitrogens with one attached hydrogen (secondary N) is 1. The van der Waals surface area contributed by atoms with Gasteiger partial charge in [-0.1, -0.05) is 31.4 Å². The fourth-order valence-corrected chi connectivity index (χ4v) is 4.49. The lowest BCUT2D eigenvalue weighted by atomic mass is 9.69. The lowest BCUT2D eigenvalue weighted by Gasteiger charge is -2.38. The Morgan fingerprint density at radius 2 is 1.81 bits per heavy atom. The summed E-state index contributed by atoms with van der Waals surface area (Å²) in [6, 6.07) is 14.3. The number of rotatable bonds is 8. The number of aromatic nitrogens is 1. The molecular formula is C26H29FN2O3. The van der Waals surface area contributed by atoms with E-state index in [2.05, 4.69) is 10.3 Å². The maximum Gasteiger partial charge on any atom is 0.220 e. The van der Waals surface area contributed by atoms with Gasteiger partial charge < -0.3 is 14.5 Å². The highest BCUT2D eigenvalue weighted by Gasteiger charge is 2.34. The summed E-state index contributed by atoms with van der Waals surface area (Å²) in [5, 5.41) is 3.11. The van der Waals surface area contributed by atoms with E-state index >= 15 is 0 Å². The molecule has 1 aliphatic rings. The molecule has 1 saturated carbocycles. The van der Waals surface area contributed by atoms with E-state index in [-0.39, 0.29) is 17.1 Å². The smallest absolute Gasteiger partial charge is 0.220 e. The summed E-state index contributed by atoms with van der Waals surface area (Å²) in [6.45, 7) is 0.570. The van der Waals surface area contributed by atoms with Crippen LogP contribution in [0.3, 0.4) is 0 Å². The molecule has 0 aliphatic heterocycles. The van der Waals surface area contributed by atoms with E-state index in [1.807, 2.05) is 36.4 Å². The molecule has 2 aromatic carbocycles. The number of oxazole rings is 1. The number of carbonyl (C=O) groups is 1. The topological polar surface area (TPSA) is 64.4 Å². The van der Waals surface area contributed by atoms with Gasteiger partial charge in [0.05, 0.1) is 13.3 Å². The molecular weight excluding hydrogens is 407 g/mol. The van der Waals surface area contributed by atoms with Gasteiger partial charge in [0.15, 0.2) is 11.7 Å². The molecule has 0 bridgehead atoms. The summed E-state index contributed by atoms with van der Waals surface area (Å²) in [6.07, 6.45) is 7.88. The Labute approximate surface area is 188 Å². The fraction of sp³-hybridized carbons (Fsp3) is 0.385. The second-order valence-electron chi connectivity index (χ2n) is 8.47. The Hall–Kier alpha value is -3.15. The number of ether oxygens (including phenoxy) is 1. The molecule has 32 heavy (non-hydrogen) atoms. The second kappa shape index (κ2) is 9.98. The van der Waals surface area contributed by atoms with Gasteiger partial charge >= 0.3 is 0 Å². The SMILES string of the molecule is COc1ccc(-c2cnc(CCC(=O)NCC3(c4ccc(F)cc4)CCCCC3)o2)cc1. The maximum atomic E-state index is 13.4. The number of amides is 1. The third kappa shape index (κ3) is 5.18. The van der Waals surface area contributed by atoms with Gasteiger partial charge in [-0.3, -0.25) is 4.79 Å². The lowest BCUT2D eigenvalue weighted by molar-refractivity contribution is -0.121. The van der Waals surface area contributed by atoms with E-state index in [9.17, 15) is 9.18 Å². The van der Waals surface area contributed by atoms with Crippen LogP contribution in [-0.2, 0) is 16.6 Å². The van der Waals surface area contributed by atoms with Gasteiger partial charge in [-0.05, 0) is 54.8 Å². The molecule has 4 rings (SSSR count). The first-order chi connectivity index (χ1) is 15.6. The molecule has 0 unspecified atom stereocenters. The van der Waals surface area contributed by atoms with Gasteiger partial charge in [0, 0.05) is 30.4 Å². The molecule has 6 heteroatoms. The van der Waals surface area contributed by atoms with Crippen molar-refractivity contribution in [3.63, 3.8) is 0 Å². The first-order valence-corrected chi connectivity index (χ1v) is 11.2. The van der Waals surface area contributed by atoms with Crippen molar-refractivity contribution in [3.05, 3.63) is 72.0 Å². The Morgan fingerprint density at radius 1 is 1.09 bits per heavy atom. The molecule has 168 valence electrons. The van der Waals surface area contributed by atoms with E-state index in [1.165, 1.54) is 18.6 Å².